The first-order valence-corrected chi connectivity index (χ1v) is 10.5. The van der Waals surface area contributed by atoms with Crippen molar-refractivity contribution in [2.24, 2.45) is 7.05 Å². The van der Waals surface area contributed by atoms with Crippen LogP contribution in [-0.2, 0) is 7.05 Å². The van der Waals surface area contributed by atoms with Gasteiger partial charge in [0.15, 0.2) is 5.78 Å². The van der Waals surface area contributed by atoms with E-state index in [1.165, 1.54) is 6.07 Å². The maximum absolute atomic E-state index is 13.4. The third kappa shape index (κ3) is 4.20. The van der Waals surface area contributed by atoms with E-state index >= 15 is 0 Å². The molecule has 30 heavy (non-hydrogen) atoms. The van der Waals surface area contributed by atoms with E-state index < -0.39 is 0 Å². The fraction of sp³-hybridized carbons (Fsp3) is 0.222. The van der Waals surface area contributed by atoms with Crippen molar-refractivity contribution in [1.82, 2.24) is 4.57 Å². The molecule has 1 atom stereocenters. The summed E-state index contributed by atoms with van der Waals surface area (Å²) < 4.78 is 15.5. The van der Waals surface area contributed by atoms with Crippen molar-refractivity contribution < 1.29 is 9.18 Å². The van der Waals surface area contributed by atoms with Gasteiger partial charge in [-0.25, -0.2) is 4.39 Å². The summed E-state index contributed by atoms with van der Waals surface area (Å²) in [4.78, 5) is 13.0. The number of carbonyl (C=O) groups excluding carboxylic acids is 1. The van der Waals surface area contributed by atoms with Crippen LogP contribution in [0.4, 0.5) is 4.39 Å². The zero-order valence-corrected chi connectivity index (χ0v) is 17.4. The van der Waals surface area contributed by atoms with Gasteiger partial charge >= 0.3 is 0 Å². The summed E-state index contributed by atoms with van der Waals surface area (Å²) in [5, 5.41) is 1.00. The van der Waals surface area contributed by atoms with Crippen molar-refractivity contribution in [3.8, 4) is 11.1 Å². The number of nitrogens with zero attached hydrogens (tertiary/aromatic N) is 1. The Balaban J connectivity index is 1.50. The molecule has 0 radical (unpaired) electrons. The number of Topliss-reactive ketones (excluding diaryl/α,β-unsaturated/α-hetero) is 1. The van der Waals surface area contributed by atoms with Crippen molar-refractivity contribution in [3.05, 3.63) is 95.9 Å². The lowest BCUT2D eigenvalue weighted by Gasteiger charge is -2.11. The Bertz CT molecular complexity index is 1180. The lowest BCUT2D eigenvalue weighted by Crippen LogP contribution is -2.01. The second kappa shape index (κ2) is 8.66. The first kappa shape index (κ1) is 20.1. The fourth-order valence-electron chi connectivity index (χ4n) is 4.11. The van der Waals surface area contributed by atoms with Crippen LogP contribution in [0.5, 0.6) is 0 Å². The van der Waals surface area contributed by atoms with Crippen molar-refractivity contribution in [3.63, 3.8) is 0 Å². The van der Waals surface area contributed by atoms with E-state index in [9.17, 15) is 9.18 Å². The molecule has 1 heterocycles. The number of carbonyl (C=O) groups is 1. The SMILES string of the molecule is C[C@H](CCCC(=O)c1cn(C)c2ccc(-c3ccccc3)cc12)c1cccc(F)c1. The highest BCUT2D eigenvalue weighted by atomic mass is 19.1. The van der Waals surface area contributed by atoms with Crippen LogP contribution in [0.2, 0.25) is 0 Å². The number of rotatable bonds is 7. The summed E-state index contributed by atoms with van der Waals surface area (Å²) in [5.74, 6) is 0.184. The minimum Gasteiger partial charge on any atom is -0.350 e. The van der Waals surface area contributed by atoms with Crippen LogP contribution in [0.3, 0.4) is 0 Å². The third-order valence-corrected chi connectivity index (χ3v) is 5.86. The van der Waals surface area contributed by atoms with Gasteiger partial charge in [0.1, 0.15) is 5.82 Å². The molecule has 152 valence electrons. The lowest BCUT2D eigenvalue weighted by molar-refractivity contribution is 0.0980. The number of ketones is 1. The van der Waals surface area contributed by atoms with Gasteiger partial charge in [-0.05, 0) is 59.7 Å². The molecule has 0 bridgehead atoms. The van der Waals surface area contributed by atoms with E-state index in [1.807, 2.05) is 42.1 Å². The van der Waals surface area contributed by atoms with E-state index in [2.05, 4.69) is 37.3 Å². The Kier molecular flexibility index (Phi) is 5.80. The molecule has 0 amide bonds. The minimum absolute atomic E-state index is 0.164. The monoisotopic (exact) mass is 399 g/mol. The first-order chi connectivity index (χ1) is 14.5. The van der Waals surface area contributed by atoms with Gasteiger partial charge < -0.3 is 4.57 Å². The van der Waals surface area contributed by atoms with E-state index in [0.717, 1.165) is 46.0 Å². The molecular weight excluding hydrogens is 373 g/mol. The van der Waals surface area contributed by atoms with Gasteiger partial charge in [-0.1, -0.05) is 55.5 Å². The van der Waals surface area contributed by atoms with Crippen LogP contribution in [-0.4, -0.2) is 10.4 Å². The molecule has 0 fully saturated rings. The fourth-order valence-corrected chi connectivity index (χ4v) is 4.11. The van der Waals surface area contributed by atoms with Crippen molar-refractivity contribution in [1.29, 1.82) is 0 Å². The highest BCUT2D eigenvalue weighted by molar-refractivity contribution is 6.09. The zero-order chi connectivity index (χ0) is 21.1. The minimum atomic E-state index is -0.208. The average Bonchev–Trinajstić information content (AvgIpc) is 3.10. The lowest BCUT2D eigenvalue weighted by atomic mass is 9.94. The first-order valence-electron chi connectivity index (χ1n) is 10.5. The van der Waals surface area contributed by atoms with Gasteiger partial charge in [-0.3, -0.25) is 4.79 Å². The summed E-state index contributed by atoms with van der Waals surface area (Å²) in [6.45, 7) is 2.09. The number of fused-ring (bicyclic) bond motifs is 1. The van der Waals surface area contributed by atoms with Gasteiger partial charge in [0, 0.05) is 36.1 Å². The van der Waals surface area contributed by atoms with E-state index in [4.69, 9.17) is 0 Å². The summed E-state index contributed by atoms with van der Waals surface area (Å²) >= 11 is 0. The normalized spacial score (nSPS) is 12.2. The maximum atomic E-state index is 13.4. The molecule has 2 nitrogen and oxygen atoms in total. The Hall–Kier alpha value is -3.20. The molecule has 0 spiro atoms. The molecule has 0 aliphatic carbocycles. The van der Waals surface area contributed by atoms with Gasteiger partial charge in [0.2, 0.25) is 0 Å². The summed E-state index contributed by atoms with van der Waals surface area (Å²) in [6.07, 6.45) is 4.08. The van der Waals surface area contributed by atoms with Gasteiger partial charge in [-0.15, -0.1) is 0 Å². The number of benzene rings is 3. The summed E-state index contributed by atoms with van der Waals surface area (Å²) in [7, 11) is 1.98. The summed E-state index contributed by atoms with van der Waals surface area (Å²) in [5.41, 5.74) is 5.09. The third-order valence-electron chi connectivity index (χ3n) is 5.86. The predicted molar refractivity (Wildman–Crippen MR) is 121 cm³/mol. The van der Waals surface area contributed by atoms with Crippen molar-refractivity contribution in [2.45, 2.75) is 32.1 Å². The number of halogens is 1. The highest BCUT2D eigenvalue weighted by Gasteiger charge is 2.15. The van der Waals surface area contributed by atoms with E-state index in [1.54, 1.807) is 12.1 Å². The predicted octanol–water partition coefficient (Wildman–Crippen LogP) is 7.14. The van der Waals surface area contributed by atoms with Crippen LogP contribution in [0, 0.1) is 5.82 Å². The van der Waals surface area contributed by atoms with Crippen LogP contribution < -0.4 is 0 Å². The molecule has 0 N–H and O–H groups in total. The smallest absolute Gasteiger partial charge is 0.165 e. The molecule has 1 aromatic heterocycles. The van der Waals surface area contributed by atoms with Gasteiger partial charge in [0.25, 0.3) is 0 Å². The number of hydrogen-bond donors (Lipinski definition) is 0. The van der Waals surface area contributed by atoms with Gasteiger partial charge in [-0.2, -0.15) is 0 Å². The largest absolute Gasteiger partial charge is 0.350 e. The zero-order valence-electron chi connectivity index (χ0n) is 17.4. The maximum Gasteiger partial charge on any atom is 0.165 e. The molecule has 0 saturated heterocycles. The number of aromatic nitrogens is 1. The number of hydrogen-bond acceptors (Lipinski definition) is 1. The van der Waals surface area contributed by atoms with Crippen LogP contribution in [0.1, 0.15) is 48.0 Å². The molecule has 0 unspecified atom stereocenters. The topological polar surface area (TPSA) is 22.0 Å². The molecule has 0 saturated carbocycles. The Morgan fingerprint density at radius 2 is 1.77 bits per heavy atom. The molecule has 0 aliphatic heterocycles. The highest BCUT2D eigenvalue weighted by Crippen LogP contribution is 2.29. The van der Waals surface area contributed by atoms with Crippen molar-refractivity contribution in [2.75, 3.05) is 0 Å². The Labute approximate surface area is 177 Å². The molecule has 3 aromatic carbocycles. The molecule has 3 heteroatoms. The van der Waals surface area contributed by atoms with E-state index in [0.29, 0.717) is 6.42 Å². The van der Waals surface area contributed by atoms with Gasteiger partial charge in [0.05, 0.1) is 0 Å². The number of aryl methyl sites for hydroxylation is 1. The molecule has 0 aliphatic rings. The Morgan fingerprint density at radius 1 is 0.967 bits per heavy atom. The molecular formula is C27H26FNO. The Morgan fingerprint density at radius 3 is 2.53 bits per heavy atom. The van der Waals surface area contributed by atoms with Crippen molar-refractivity contribution >= 4 is 16.7 Å². The molecule has 4 aromatic rings. The average molecular weight is 400 g/mol. The molecule has 4 rings (SSSR count). The van der Waals surface area contributed by atoms with Crippen LogP contribution in [0.25, 0.3) is 22.0 Å². The summed E-state index contributed by atoms with van der Waals surface area (Å²) in [6, 6.07) is 23.3. The second-order valence-electron chi connectivity index (χ2n) is 8.02. The standard InChI is InChI=1S/C27H26FNO/c1-19(21-11-7-12-23(28)16-21)8-6-13-27(30)25-18-29(2)26-15-14-22(17-24(25)26)20-9-4-3-5-10-20/h3-5,7,9-12,14-19H,6,8,13H2,1-2H3/t19-/m1/s1. The van der Waals surface area contributed by atoms with Crippen LogP contribution >= 0.6 is 0 Å². The van der Waals surface area contributed by atoms with E-state index in [-0.39, 0.29) is 17.5 Å². The van der Waals surface area contributed by atoms with Crippen LogP contribution in [0.15, 0.2) is 79.0 Å². The second-order valence-corrected chi connectivity index (χ2v) is 8.02. The quantitative estimate of drug-likeness (QED) is 0.303.